The van der Waals surface area contributed by atoms with Gasteiger partial charge in [-0.15, -0.1) is 0 Å². The highest BCUT2D eigenvalue weighted by atomic mass is 35.5. The molecule has 0 fully saturated rings. The largest absolute Gasteiger partial charge is 0.497 e. The van der Waals surface area contributed by atoms with Crippen molar-refractivity contribution < 1.29 is 14.3 Å². The molecule has 5 nitrogen and oxygen atoms in total. The summed E-state index contributed by atoms with van der Waals surface area (Å²) in [5.74, 6) is 0.865. The van der Waals surface area contributed by atoms with Crippen LogP contribution in [0.2, 0.25) is 5.02 Å². The molecular formula is C25H21ClN2O3. The number of benzene rings is 3. The lowest BCUT2D eigenvalue weighted by Gasteiger charge is -2.11. The number of rotatable bonds is 7. The summed E-state index contributed by atoms with van der Waals surface area (Å²) in [7, 11) is 3.16. The molecule has 0 atom stereocenters. The van der Waals surface area contributed by atoms with Gasteiger partial charge in [0.25, 0.3) is 5.91 Å². The van der Waals surface area contributed by atoms with Crippen LogP contribution in [0.15, 0.2) is 72.3 Å². The Morgan fingerprint density at radius 2 is 1.68 bits per heavy atom. The third-order valence-corrected chi connectivity index (χ3v) is 5.07. The van der Waals surface area contributed by atoms with Crippen LogP contribution in [0, 0.1) is 11.3 Å². The van der Waals surface area contributed by atoms with Crippen LogP contribution in [0.25, 0.3) is 6.08 Å². The highest BCUT2D eigenvalue weighted by Crippen LogP contribution is 2.26. The zero-order valence-corrected chi connectivity index (χ0v) is 17.9. The lowest BCUT2D eigenvalue weighted by atomic mass is 9.97. The summed E-state index contributed by atoms with van der Waals surface area (Å²) in [4.78, 5) is 12.7. The maximum absolute atomic E-state index is 12.7. The molecule has 3 aromatic carbocycles. The number of nitrogens with one attached hydrogen (secondary N) is 1. The smallest absolute Gasteiger partial charge is 0.266 e. The van der Waals surface area contributed by atoms with Crippen molar-refractivity contribution in [2.45, 2.75) is 6.42 Å². The molecule has 31 heavy (non-hydrogen) atoms. The summed E-state index contributed by atoms with van der Waals surface area (Å²) in [5.41, 5.74) is 3.12. The first-order valence-corrected chi connectivity index (χ1v) is 9.89. The maximum atomic E-state index is 12.7. The average molecular weight is 433 g/mol. The van der Waals surface area contributed by atoms with E-state index >= 15 is 0 Å². The minimum atomic E-state index is -0.493. The lowest BCUT2D eigenvalue weighted by Crippen LogP contribution is -2.13. The van der Waals surface area contributed by atoms with E-state index in [1.165, 1.54) is 0 Å². The molecule has 1 N–H and O–H groups in total. The number of nitriles is 1. The molecule has 0 saturated carbocycles. The van der Waals surface area contributed by atoms with E-state index in [2.05, 4.69) is 5.32 Å². The summed E-state index contributed by atoms with van der Waals surface area (Å²) in [6.45, 7) is 0. The lowest BCUT2D eigenvalue weighted by molar-refractivity contribution is -0.112. The van der Waals surface area contributed by atoms with E-state index < -0.39 is 5.91 Å². The fourth-order valence-electron chi connectivity index (χ4n) is 3.03. The first-order valence-electron chi connectivity index (χ1n) is 9.51. The summed E-state index contributed by atoms with van der Waals surface area (Å²) in [6, 6.07) is 21.9. The van der Waals surface area contributed by atoms with Crippen molar-refractivity contribution in [1.29, 1.82) is 5.26 Å². The number of carbonyl (C=O) groups excluding carboxylic acids is 1. The Morgan fingerprint density at radius 1 is 1.00 bits per heavy atom. The van der Waals surface area contributed by atoms with E-state index in [9.17, 15) is 10.1 Å². The average Bonchev–Trinajstić information content (AvgIpc) is 2.80. The van der Waals surface area contributed by atoms with E-state index in [0.717, 1.165) is 16.7 Å². The quantitative estimate of drug-likeness (QED) is 0.395. The van der Waals surface area contributed by atoms with Gasteiger partial charge < -0.3 is 14.8 Å². The standard InChI is InChI=1S/C25H21ClN2O3/c1-30-22-11-8-21(9-12-22)28-25(29)20(16-27)13-17-7-10-23(31-2)15-19(17)14-18-5-3-4-6-24(18)26/h3-13,15H,14H2,1-2H3,(H,28,29)/b20-13+. The molecule has 0 heterocycles. The second kappa shape index (κ2) is 10.3. The van der Waals surface area contributed by atoms with Gasteiger partial charge in [0.1, 0.15) is 23.1 Å². The van der Waals surface area contributed by atoms with Gasteiger partial charge in [0, 0.05) is 10.7 Å². The van der Waals surface area contributed by atoms with Crippen molar-refractivity contribution >= 4 is 29.3 Å². The predicted molar refractivity (Wildman–Crippen MR) is 122 cm³/mol. The summed E-state index contributed by atoms with van der Waals surface area (Å²) >= 11 is 6.32. The summed E-state index contributed by atoms with van der Waals surface area (Å²) in [6.07, 6.45) is 2.10. The van der Waals surface area contributed by atoms with Crippen LogP contribution in [0.4, 0.5) is 5.69 Å². The molecule has 3 aromatic rings. The van der Waals surface area contributed by atoms with Gasteiger partial charge in [0.05, 0.1) is 14.2 Å². The van der Waals surface area contributed by atoms with Crippen LogP contribution in [-0.2, 0) is 11.2 Å². The van der Waals surface area contributed by atoms with Crippen LogP contribution in [0.3, 0.4) is 0 Å². The minimum Gasteiger partial charge on any atom is -0.497 e. The molecule has 0 saturated heterocycles. The van der Waals surface area contributed by atoms with Gasteiger partial charge in [-0.1, -0.05) is 35.9 Å². The number of nitrogens with zero attached hydrogens (tertiary/aromatic N) is 1. The number of amides is 1. The van der Waals surface area contributed by atoms with E-state index in [0.29, 0.717) is 28.6 Å². The fourth-order valence-corrected chi connectivity index (χ4v) is 3.23. The van der Waals surface area contributed by atoms with Crippen molar-refractivity contribution in [2.24, 2.45) is 0 Å². The fraction of sp³-hybridized carbons (Fsp3) is 0.120. The van der Waals surface area contributed by atoms with E-state index in [1.54, 1.807) is 50.6 Å². The second-order valence-electron chi connectivity index (χ2n) is 6.69. The molecule has 3 rings (SSSR count). The van der Waals surface area contributed by atoms with Gasteiger partial charge in [-0.05, 0) is 71.7 Å². The molecule has 0 aliphatic rings. The molecular weight excluding hydrogens is 412 g/mol. The number of halogens is 1. The minimum absolute atomic E-state index is 0.0126. The van der Waals surface area contributed by atoms with Gasteiger partial charge in [-0.3, -0.25) is 4.79 Å². The van der Waals surface area contributed by atoms with Crippen LogP contribution < -0.4 is 14.8 Å². The van der Waals surface area contributed by atoms with Crippen LogP contribution >= 0.6 is 11.6 Å². The first-order chi connectivity index (χ1) is 15.0. The Kier molecular flexibility index (Phi) is 7.31. The molecule has 0 aliphatic heterocycles. The summed E-state index contributed by atoms with van der Waals surface area (Å²) in [5, 5.41) is 13.0. The topological polar surface area (TPSA) is 71.3 Å². The van der Waals surface area contributed by atoms with Gasteiger partial charge in [0.2, 0.25) is 0 Å². The number of ether oxygens (including phenoxy) is 2. The molecule has 0 bridgehead atoms. The first kappa shape index (κ1) is 21.9. The molecule has 6 heteroatoms. The monoisotopic (exact) mass is 432 g/mol. The zero-order valence-electron chi connectivity index (χ0n) is 17.2. The van der Waals surface area contributed by atoms with Gasteiger partial charge in [0.15, 0.2) is 0 Å². The third kappa shape index (κ3) is 5.65. The molecule has 0 unspecified atom stereocenters. The Bertz CT molecular complexity index is 1150. The Morgan fingerprint density at radius 3 is 2.32 bits per heavy atom. The normalized spacial score (nSPS) is 10.8. The molecule has 156 valence electrons. The van der Waals surface area contributed by atoms with Crippen LogP contribution in [-0.4, -0.2) is 20.1 Å². The van der Waals surface area contributed by atoms with Crippen molar-refractivity contribution in [1.82, 2.24) is 0 Å². The Hall–Kier alpha value is -3.75. The summed E-state index contributed by atoms with van der Waals surface area (Å²) < 4.78 is 10.5. The number of methoxy groups -OCH3 is 2. The third-order valence-electron chi connectivity index (χ3n) is 4.70. The maximum Gasteiger partial charge on any atom is 0.266 e. The molecule has 0 radical (unpaired) electrons. The van der Waals surface area contributed by atoms with Crippen LogP contribution in [0.1, 0.15) is 16.7 Å². The van der Waals surface area contributed by atoms with Crippen molar-refractivity contribution in [3.8, 4) is 17.6 Å². The Labute approximate surface area is 186 Å². The number of hydrogen-bond donors (Lipinski definition) is 1. The van der Waals surface area contributed by atoms with E-state index in [-0.39, 0.29) is 5.57 Å². The van der Waals surface area contributed by atoms with Crippen molar-refractivity contribution in [3.63, 3.8) is 0 Å². The number of carbonyl (C=O) groups is 1. The second-order valence-corrected chi connectivity index (χ2v) is 7.09. The SMILES string of the molecule is COc1ccc(NC(=O)/C(C#N)=C/c2ccc(OC)cc2Cc2ccccc2Cl)cc1. The zero-order chi connectivity index (χ0) is 22.2. The Balaban J connectivity index is 1.91. The van der Waals surface area contributed by atoms with E-state index in [1.807, 2.05) is 42.5 Å². The van der Waals surface area contributed by atoms with Crippen molar-refractivity contribution in [2.75, 3.05) is 19.5 Å². The van der Waals surface area contributed by atoms with Gasteiger partial charge in [-0.25, -0.2) is 0 Å². The van der Waals surface area contributed by atoms with Crippen LogP contribution in [0.5, 0.6) is 11.5 Å². The molecule has 0 aliphatic carbocycles. The van der Waals surface area contributed by atoms with Gasteiger partial charge in [-0.2, -0.15) is 5.26 Å². The predicted octanol–water partition coefficient (Wildman–Crippen LogP) is 5.49. The van der Waals surface area contributed by atoms with E-state index in [4.69, 9.17) is 21.1 Å². The molecule has 0 spiro atoms. The highest BCUT2D eigenvalue weighted by molar-refractivity contribution is 6.31. The number of anilines is 1. The van der Waals surface area contributed by atoms with Crippen molar-refractivity contribution in [3.05, 3.63) is 94.0 Å². The highest BCUT2D eigenvalue weighted by Gasteiger charge is 2.13. The number of hydrogen-bond acceptors (Lipinski definition) is 4. The molecule has 0 aromatic heterocycles. The molecule has 1 amide bonds. The van der Waals surface area contributed by atoms with Gasteiger partial charge >= 0.3 is 0 Å².